The summed E-state index contributed by atoms with van der Waals surface area (Å²) in [5.74, 6) is 0.0254. The van der Waals surface area contributed by atoms with E-state index in [9.17, 15) is 15.0 Å². The number of hydrogen-bond donors (Lipinski definition) is 2. The second-order valence-electron chi connectivity index (χ2n) is 6.60. The van der Waals surface area contributed by atoms with Crippen molar-refractivity contribution < 1.29 is 19.7 Å². The third-order valence-electron chi connectivity index (χ3n) is 4.85. The Morgan fingerprint density at radius 1 is 1.50 bits per heavy atom. The molecular formula is C15H22N2O4S. The fourth-order valence-electron chi connectivity index (χ4n) is 3.35. The normalized spacial score (nSPS) is 31.5. The fourth-order valence-corrected chi connectivity index (χ4v) is 4.11. The van der Waals surface area contributed by atoms with Crippen molar-refractivity contribution in [2.24, 2.45) is 0 Å². The molecule has 22 heavy (non-hydrogen) atoms. The quantitative estimate of drug-likeness (QED) is 0.803. The average molecular weight is 326 g/mol. The maximum Gasteiger partial charge on any atom is 0.265 e. The van der Waals surface area contributed by atoms with Crippen LogP contribution in [0, 0.1) is 6.92 Å². The van der Waals surface area contributed by atoms with Crippen LogP contribution in [0.3, 0.4) is 0 Å². The van der Waals surface area contributed by atoms with E-state index in [4.69, 9.17) is 4.74 Å². The summed E-state index contributed by atoms with van der Waals surface area (Å²) >= 11 is 1.37. The highest BCUT2D eigenvalue weighted by molar-refractivity contribution is 7.11. The molecule has 1 aromatic rings. The molecule has 2 saturated heterocycles. The number of amides is 1. The number of nitrogens with zero attached hydrogens (tertiary/aromatic N) is 2. The number of rotatable bonds is 1. The van der Waals surface area contributed by atoms with Gasteiger partial charge in [-0.15, -0.1) is 11.3 Å². The molecule has 2 atom stereocenters. The van der Waals surface area contributed by atoms with Crippen molar-refractivity contribution in [1.82, 2.24) is 9.88 Å². The van der Waals surface area contributed by atoms with Crippen LogP contribution < -0.4 is 0 Å². The zero-order valence-electron chi connectivity index (χ0n) is 12.9. The first-order valence-electron chi connectivity index (χ1n) is 7.57. The van der Waals surface area contributed by atoms with Gasteiger partial charge in [-0.2, -0.15) is 0 Å². The van der Waals surface area contributed by atoms with E-state index in [0.29, 0.717) is 37.2 Å². The van der Waals surface area contributed by atoms with Gasteiger partial charge in [-0.05, 0) is 26.7 Å². The van der Waals surface area contributed by atoms with Gasteiger partial charge in [0.15, 0.2) is 0 Å². The van der Waals surface area contributed by atoms with Crippen molar-refractivity contribution in [3.05, 3.63) is 16.1 Å². The molecule has 2 aliphatic heterocycles. The van der Waals surface area contributed by atoms with Crippen LogP contribution in [0.25, 0.3) is 0 Å². The van der Waals surface area contributed by atoms with E-state index in [0.717, 1.165) is 5.69 Å². The van der Waals surface area contributed by atoms with Crippen LogP contribution in [0.1, 0.15) is 41.6 Å². The number of thiazole rings is 1. The second-order valence-corrected chi connectivity index (χ2v) is 7.46. The Balaban J connectivity index is 1.66. The van der Waals surface area contributed by atoms with Crippen LogP contribution in [0.15, 0.2) is 5.51 Å². The Bertz CT molecular complexity index is 564. The third kappa shape index (κ3) is 2.78. The van der Waals surface area contributed by atoms with Gasteiger partial charge in [-0.1, -0.05) is 0 Å². The van der Waals surface area contributed by atoms with Gasteiger partial charge < -0.3 is 19.8 Å². The highest BCUT2D eigenvalue weighted by Gasteiger charge is 2.49. The van der Waals surface area contributed by atoms with Gasteiger partial charge >= 0.3 is 0 Å². The minimum absolute atomic E-state index is 0.0254. The Morgan fingerprint density at radius 3 is 2.73 bits per heavy atom. The summed E-state index contributed by atoms with van der Waals surface area (Å²) < 4.78 is 5.84. The summed E-state index contributed by atoms with van der Waals surface area (Å²) in [6, 6.07) is 0. The van der Waals surface area contributed by atoms with Gasteiger partial charge in [0.25, 0.3) is 5.91 Å². The van der Waals surface area contributed by atoms with E-state index >= 15 is 0 Å². The lowest BCUT2D eigenvalue weighted by molar-refractivity contribution is -0.221. The minimum Gasteiger partial charge on any atom is -0.388 e. The van der Waals surface area contributed by atoms with Crippen LogP contribution in [0.4, 0.5) is 0 Å². The summed E-state index contributed by atoms with van der Waals surface area (Å²) in [4.78, 5) is 19.2. The third-order valence-corrected chi connectivity index (χ3v) is 5.76. The molecule has 2 aliphatic rings. The smallest absolute Gasteiger partial charge is 0.265 e. The van der Waals surface area contributed by atoms with Crippen molar-refractivity contribution >= 4 is 17.2 Å². The average Bonchev–Trinajstić information content (AvgIpc) is 2.89. The molecule has 2 fully saturated rings. The molecule has 0 saturated carbocycles. The monoisotopic (exact) mass is 326 g/mol. The van der Waals surface area contributed by atoms with E-state index in [-0.39, 0.29) is 12.5 Å². The van der Waals surface area contributed by atoms with Crippen LogP contribution in [0.5, 0.6) is 0 Å². The van der Waals surface area contributed by atoms with Gasteiger partial charge in [0, 0.05) is 19.5 Å². The Hall–Kier alpha value is -1.02. The highest BCUT2D eigenvalue weighted by atomic mass is 32.1. The van der Waals surface area contributed by atoms with Crippen LogP contribution in [0.2, 0.25) is 0 Å². The predicted octanol–water partition coefficient (Wildman–Crippen LogP) is 0.959. The summed E-state index contributed by atoms with van der Waals surface area (Å²) in [7, 11) is 0. The van der Waals surface area contributed by atoms with Crippen LogP contribution in [-0.2, 0) is 4.74 Å². The van der Waals surface area contributed by atoms with Crippen molar-refractivity contribution in [2.45, 2.75) is 50.4 Å². The van der Waals surface area contributed by atoms with E-state index in [2.05, 4.69) is 4.98 Å². The molecule has 2 N–H and O–H groups in total. The summed E-state index contributed by atoms with van der Waals surface area (Å²) in [5.41, 5.74) is 0.910. The number of carbonyl (C=O) groups is 1. The van der Waals surface area contributed by atoms with Crippen LogP contribution >= 0.6 is 11.3 Å². The van der Waals surface area contributed by atoms with Crippen molar-refractivity contribution in [1.29, 1.82) is 0 Å². The Kier molecular flexibility index (Phi) is 4.01. The number of aryl methyl sites for hydroxylation is 1. The Morgan fingerprint density at radius 2 is 2.18 bits per heavy atom. The number of aliphatic hydroxyl groups is 2. The number of carbonyl (C=O) groups excluding carboxylic acids is 1. The van der Waals surface area contributed by atoms with E-state index in [1.807, 2.05) is 11.8 Å². The van der Waals surface area contributed by atoms with Gasteiger partial charge in [0.1, 0.15) is 11.0 Å². The number of ether oxygens (including phenoxy) is 1. The molecule has 3 rings (SSSR count). The predicted molar refractivity (Wildman–Crippen MR) is 81.9 cm³/mol. The van der Waals surface area contributed by atoms with E-state index in [1.165, 1.54) is 11.3 Å². The van der Waals surface area contributed by atoms with Gasteiger partial charge in [-0.3, -0.25) is 4.79 Å². The zero-order valence-corrected chi connectivity index (χ0v) is 13.7. The van der Waals surface area contributed by atoms with Crippen molar-refractivity contribution in [3.63, 3.8) is 0 Å². The van der Waals surface area contributed by atoms with Crippen LogP contribution in [-0.4, -0.2) is 63.0 Å². The topological polar surface area (TPSA) is 82.9 Å². The largest absolute Gasteiger partial charge is 0.388 e. The maximum atomic E-state index is 12.5. The molecular weight excluding hydrogens is 304 g/mol. The lowest BCUT2D eigenvalue weighted by Gasteiger charge is -2.49. The first kappa shape index (κ1) is 15.9. The van der Waals surface area contributed by atoms with Gasteiger partial charge in [-0.25, -0.2) is 4.98 Å². The van der Waals surface area contributed by atoms with Gasteiger partial charge in [0.05, 0.1) is 29.0 Å². The van der Waals surface area contributed by atoms with Crippen molar-refractivity contribution in [3.8, 4) is 0 Å². The van der Waals surface area contributed by atoms with E-state index in [1.54, 1.807) is 12.4 Å². The van der Waals surface area contributed by atoms with Gasteiger partial charge in [0.2, 0.25) is 0 Å². The molecule has 0 radical (unpaired) electrons. The minimum atomic E-state index is -1.13. The highest BCUT2D eigenvalue weighted by Crippen LogP contribution is 2.39. The molecule has 1 aromatic heterocycles. The lowest BCUT2D eigenvalue weighted by atomic mass is 9.76. The second kappa shape index (κ2) is 5.56. The number of piperidine rings is 1. The molecule has 0 unspecified atom stereocenters. The lowest BCUT2D eigenvalue weighted by Crippen LogP contribution is -2.59. The molecule has 3 heterocycles. The molecule has 7 heteroatoms. The number of likely N-dealkylation sites (tertiary alicyclic amines) is 1. The van der Waals surface area contributed by atoms with Crippen molar-refractivity contribution in [2.75, 3.05) is 19.7 Å². The molecule has 1 amide bonds. The summed E-state index contributed by atoms with van der Waals surface area (Å²) in [6.07, 6.45) is 0.916. The fraction of sp³-hybridized carbons (Fsp3) is 0.733. The number of hydrogen-bond acceptors (Lipinski definition) is 6. The number of aromatic nitrogens is 1. The molecule has 0 aliphatic carbocycles. The number of aliphatic hydroxyl groups excluding tert-OH is 1. The molecule has 0 aromatic carbocycles. The molecule has 122 valence electrons. The first-order chi connectivity index (χ1) is 10.3. The maximum absolute atomic E-state index is 12.5. The Labute approximate surface area is 133 Å². The van der Waals surface area contributed by atoms with E-state index < -0.39 is 17.3 Å². The summed E-state index contributed by atoms with van der Waals surface area (Å²) in [5, 5.41) is 20.1. The molecule has 6 nitrogen and oxygen atoms in total. The molecule has 1 spiro atoms. The standard InChI is InChI=1S/C15H22N2O4S/c1-10-12(22-9-16-10)13(19)17-5-3-15(4-6-17)8-14(2,20)11(18)7-21-15/h9,11,18,20H,3-8H2,1-2H3/t11-,14-/m0/s1. The SMILES string of the molecule is Cc1ncsc1C(=O)N1CCC2(CC1)C[C@](C)(O)[C@@H](O)CO2. The summed E-state index contributed by atoms with van der Waals surface area (Å²) in [6.45, 7) is 4.84. The molecule has 0 bridgehead atoms. The first-order valence-corrected chi connectivity index (χ1v) is 8.45. The zero-order chi connectivity index (χ0) is 16.0.